The fourth-order valence-electron chi connectivity index (χ4n) is 2.37. The summed E-state index contributed by atoms with van der Waals surface area (Å²) in [5.74, 6) is 1.13. The van der Waals surface area contributed by atoms with E-state index in [1.54, 1.807) is 9.20 Å². The fourth-order valence-corrected chi connectivity index (χ4v) is 3.16. The average molecular weight is 306 g/mol. The van der Waals surface area contributed by atoms with E-state index in [1.165, 1.54) is 11.3 Å². The van der Waals surface area contributed by atoms with E-state index >= 15 is 0 Å². The molecule has 0 saturated carbocycles. The number of aromatic nitrogens is 7. The van der Waals surface area contributed by atoms with E-state index in [0.717, 1.165) is 34.5 Å². The number of hydrogen-bond donors (Lipinski definition) is 1. The van der Waals surface area contributed by atoms with Gasteiger partial charge in [0.25, 0.3) is 0 Å². The maximum Gasteiger partial charge on any atom is 0.235 e. The van der Waals surface area contributed by atoms with Crippen molar-refractivity contribution in [1.82, 2.24) is 34.8 Å². The Hall–Kier alpha value is -1.91. The van der Waals surface area contributed by atoms with Crippen molar-refractivity contribution < 1.29 is 4.74 Å². The lowest BCUT2D eigenvalue weighted by Crippen LogP contribution is -2.10. The highest BCUT2D eigenvalue weighted by Gasteiger charge is 2.25. The molecule has 0 bridgehead atoms. The molecule has 4 rings (SSSR count). The van der Waals surface area contributed by atoms with Crippen molar-refractivity contribution in [3.8, 4) is 10.7 Å². The smallest absolute Gasteiger partial charge is 0.235 e. The third kappa shape index (κ3) is 2.20. The lowest BCUT2D eigenvalue weighted by atomic mass is 10.1. The largest absolute Gasteiger partial charge is 0.381 e. The first kappa shape index (κ1) is 12.8. The van der Waals surface area contributed by atoms with Gasteiger partial charge in [0, 0.05) is 19.1 Å². The van der Waals surface area contributed by atoms with Gasteiger partial charge in [-0.25, -0.2) is 0 Å². The molecule has 0 spiro atoms. The Bertz CT molecular complexity index is 755. The number of nitrogens with zero attached hydrogens (tertiary/aromatic N) is 7. The molecule has 1 saturated heterocycles. The SMILES string of the molecule is NCCn1cc(-c2nn3c(C4CCOC4)nnc3s2)nn1. The summed E-state index contributed by atoms with van der Waals surface area (Å²) in [6.07, 6.45) is 2.80. The second kappa shape index (κ2) is 5.13. The molecule has 0 aromatic carbocycles. The summed E-state index contributed by atoms with van der Waals surface area (Å²) >= 11 is 1.45. The third-order valence-corrected chi connectivity index (χ3v) is 4.35. The lowest BCUT2D eigenvalue weighted by molar-refractivity contribution is 0.193. The van der Waals surface area contributed by atoms with Gasteiger partial charge < -0.3 is 10.5 Å². The van der Waals surface area contributed by atoms with E-state index in [2.05, 4.69) is 25.6 Å². The summed E-state index contributed by atoms with van der Waals surface area (Å²) in [7, 11) is 0. The molecule has 1 aliphatic heterocycles. The quantitative estimate of drug-likeness (QED) is 0.717. The van der Waals surface area contributed by atoms with Gasteiger partial charge in [0.05, 0.1) is 19.3 Å². The molecule has 1 fully saturated rings. The predicted molar refractivity (Wildman–Crippen MR) is 74.9 cm³/mol. The zero-order valence-corrected chi connectivity index (χ0v) is 12.0. The molecule has 0 aliphatic carbocycles. The van der Waals surface area contributed by atoms with Gasteiger partial charge in [-0.15, -0.1) is 15.3 Å². The van der Waals surface area contributed by atoms with Crippen molar-refractivity contribution in [2.24, 2.45) is 5.73 Å². The number of hydrogen-bond acceptors (Lipinski definition) is 8. The van der Waals surface area contributed by atoms with Crippen LogP contribution in [-0.4, -0.2) is 54.6 Å². The normalized spacial score (nSPS) is 18.8. The van der Waals surface area contributed by atoms with Crippen molar-refractivity contribution in [3.63, 3.8) is 0 Å². The molecule has 9 nitrogen and oxygen atoms in total. The van der Waals surface area contributed by atoms with Gasteiger partial charge >= 0.3 is 0 Å². The van der Waals surface area contributed by atoms with E-state index in [9.17, 15) is 0 Å². The molecule has 1 atom stereocenters. The van der Waals surface area contributed by atoms with Crippen molar-refractivity contribution >= 4 is 16.3 Å². The first-order chi connectivity index (χ1) is 10.3. The minimum atomic E-state index is 0.267. The van der Waals surface area contributed by atoms with Crippen LogP contribution in [0, 0.1) is 0 Å². The van der Waals surface area contributed by atoms with Crippen molar-refractivity contribution in [3.05, 3.63) is 12.0 Å². The van der Waals surface area contributed by atoms with Gasteiger partial charge in [-0.2, -0.15) is 9.61 Å². The summed E-state index contributed by atoms with van der Waals surface area (Å²) in [6, 6.07) is 0. The first-order valence-electron chi connectivity index (χ1n) is 6.75. The monoisotopic (exact) mass is 306 g/mol. The van der Waals surface area contributed by atoms with Crippen LogP contribution in [-0.2, 0) is 11.3 Å². The van der Waals surface area contributed by atoms with Crippen LogP contribution in [0.1, 0.15) is 18.2 Å². The molecule has 21 heavy (non-hydrogen) atoms. The molecule has 0 amide bonds. The van der Waals surface area contributed by atoms with E-state index < -0.39 is 0 Å². The molecular formula is C11H14N8OS. The average Bonchev–Trinajstić information content (AvgIpc) is 3.22. The Morgan fingerprint density at radius 3 is 3.14 bits per heavy atom. The summed E-state index contributed by atoms with van der Waals surface area (Å²) in [5, 5.41) is 21.9. The molecule has 1 aliphatic rings. The Kier molecular flexibility index (Phi) is 3.13. The molecule has 3 aromatic heterocycles. The molecule has 10 heteroatoms. The molecule has 3 aromatic rings. The van der Waals surface area contributed by atoms with Gasteiger partial charge in [-0.05, 0) is 6.42 Å². The zero-order chi connectivity index (χ0) is 14.2. The fraction of sp³-hybridized carbons (Fsp3) is 0.545. The van der Waals surface area contributed by atoms with Crippen molar-refractivity contribution in [2.45, 2.75) is 18.9 Å². The second-order valence-electron chi connectivity index (χ2n) is 4.88. The number of nitrogens with two attached hydrogens (primary N) is 1. The van der Waals surface area contributed by atoms with E-state index in [0.29, 0.717) is 19.7 Å². The van der Waals surface area contributed by atoms with E-state index in [-0.39, 0.29) is 5.92 Å². The maximum atomic E-state index is 5.51. The predicted octanol–water partition coefficient (Wildman–Crippen LogP) is -0.0931. The van der Waals surface area contributed by atoms with Gasteiger partial charge in [-0.1, -0.05) is 16.6 Å². The standard InChI is InChI=1S/C11H14N8OS/c12-2-3-18-5-8(13-17-18)10-16-19-9(7-1-4-20-6-7)14-15-11(19)21-10/h5,7H,1-4,6,12H2. The third-order valence-electron chi connectivity index (χ3n) is 3.43. The van der Waals surface area contributed by atoms with E-state index in [4.69, 9.17) is 10.5 Å². The minimum Gasteiger partial charge on any atom is -0.381 e. The molecular weight excluding hydrogens is 292 g/mol. The number of fused-ring (bicyclic) bond motifs is 1. The highest BCUT2D eigenvalue weighted by molar-refractivity contribution is 7.19. The second-order valence-corrected chi connectivity index (χ2v) is 5.83. The zero-order valence-electron chi connectivity index (χ0n) is 11.2. The highest BCUT2D eigenvalue weighted by atomic mass is 32.1. The molecule has 110 valence electrons. The van der Waals surface area contributed by atoms with Crippen LogP contribution in [0.15, 0.2) is 6.20 Å². The van der Waals surface area contributed by atoms with Gasteiger partial charge in [0.2, 0.25) is 4.96 Å². The lowest BCUT2D eigenvalue weighted by Gasteiger charge is -2.01. The maximum absolute atomic E-state index is 5.51. The number of rotatable bonds is 4. The van der Waals surface area contributed by atoms with Crippen LogP contribution < -0.4 is 5.73 Å². The Balaban J connectivity index is 1.69. The van der Waals surface area contributed by atoms with Crippen LogP contribution in [0.4, 0.5) is 0 Å². The van der Waals surface area contributed by atoms with Crippen LogP contribution in [0.3, 0.4) is 0 Å². The highest BCUT2D eigenvalue weighted by Crippen LogP contribution is 2.28. The summed E-state index contributed by atoms with van der Waals surface area (Å²) in [5.41, 5.74) is 6.24. The van der Waals surface area contributed by atoms with Gasteiger partial charge in [0.1, 0.15) is 5.69 Å². The molecule has 4 heterocycles. The molecule has 2 N–H and O–H groups in total. The first-order valence-corrected chi connectivity index (χ1v) is 7.57. The Morgan fingerprint density at radius 2 is 2.33 bits per heavy atom. The molecule has 0 radical (unpaired) electrons. The number of ether oxygens (including phenoxy) is 1. The minimum absolute atomic E-state index is 0.267. The van der Waals surface area contributed by atoms with Gasteiger partial charge in [0.15, 0.2) is 10.8 Å². The van der Waals surface area contributed by atoms with Crippen LogP contribution in [0.2, 0.25) is 0 Å². The summed E-state index contributed by atoms with van der Waals surface area (Å²) in [6.45, 7) is 2.62. The van der Waals surface area contributed by atoms with Crippen LogP contribution >= 0.6 is 11.3 Å². The molecule has 1 unspecified atom stereocenters. The van der Waals surface area contributed by atoms with Crippen LogP contribution in [0.5, 0.6) is 0 Å². The summed E-state index contributed by atoms with van der Waals surface area (Å²) in [4.78, 5) is 0.764. The Labute approximate surface area is 123 Å². The van der Waals surface area contributed by atoms with E-state index in [1.807, 2.05) is 6.20 Å². The van der Waals surface area contributed by atoms with Crippen molar-refractivity contribution in [1.29, 1.82) is 0 Å². The topological polar surface area (TPSA) is 109 Å². The Morgan fingerprint density at radius 1 is 1.38 bits per heavy atom. The van der Waals surface area contributed by atoms with Crippen molar-refractivity contribution in [2.75, 3.05) is 19.8 Å². The van der Waals surface area contributed by atoms with Crippen LogP contribution in [0.25, 0.3) is 15.7 Å². The van der Waals surface area contributed by atoms with Gasteiger partial charge in [-0.3, -0.25) is 4.68 Å². The summed E-state index contributed by atoms with van der Waals surface area (Å²) < 4.78 is 8.91.